The van der Waals surface area contributed by atoms with E-state index in [-0.39, 0.29) is 6.04 Å². The fourth-order valence-corrected chi connectivity index (χ4v) is 5.37. The minimum Gasteiger partial charge on any atom is -0.496 e. The molecule has 3 heterocycles. The van der Waals surface area contributed by atoms with Gasteiger partial charge in [0, 0.05) is 28.0 Å². The van der Waals surface area contributed by atoms with E-state index in [1.165, 1.54) is 0 Å². The van der Waals surface area contributed by atoms with Crippen molar-refractivity contribution in [1.82, 2.24) is 9.97 Å². The molecule has 0 amide bonds. The highest BCUT2D eigenvalue weighted by molar-refractivity contribution is 7.12. The summed E-state index contributed by atoms with van der Waals surface area (Å²) in [7, 11) is 1.70. The summed E-state index contributed by atoms with van der Waals surface area (Å²) in [5, 5.41) is 10.6. The summed E-state index contributed by atoms with van der Waals surface area (Å²) in [4.78, 5) is 11.1. The molecule has 1 aliphatic rings. The Hall–Kier alpha value is -3.74. The number of halogens is 1. The highest BCUT2D eigenvalue weighted by Gasteiger charge is 2.34. The lowest BCUT2D eigenvalue weighted by atomic mass is 10.0. The molecule has 172 valence electrons. The number of para-hydroxylation sites is 1. The predicted molar refractivity (Wildman–Crippen MR) is 144 cm³/mol. The maximum Gasteiger partial charge on any atom is 0.247 e. The van der Waals surface area contributed by atoms with E-state index in [9.17, 15) is 0 Å². The second kappa shape index (κ2) is 9.13. The van der Waals surface area contributed by atoms with Crippen LogP contribution >= 0.6 is 22.9 Å². The Bertz CT molecular complexity index is 1540. The van der Waals surface area contributed by atoms with Crippen LogP contribution in [-0.4, -0.2) is 22.8 Å². The molecule has 1 aliphatic heterocycles. The van der Waals surface area contributed by atoms with E-state index in [4.69, 9.17) is 31.4 Å². The van der Waals surface area contributed by atoms with Crippen molar-refractivity contribution < 1.29 is 4.74 Å². The van der Waals surface area contributed by atoms with E-state index in [2.05, 4.69) is 29.6 Å². The van der Waals surface area contributed by atoms with Gasteiger partial charge in [-0.15, -0.1) is 11.3 Å². The highest BCUT2D eigenvalue weighted by atomic mass is 35.5. The number of fused-ring (bicyclic) bond motifs is 1. The average molecular weight is 497 g/mol. The summed E-state index contributed by atoms with van der Waals surface area (Å²) < 4.78 is 5.71. The van der Waals surface area contributed by atoms with Gasteiger partial charge in [0.25, 0.3) is 0 Å². The van der Waals surface area contributed by atoms with Gasteiger partial charge in [0.15, 0.2) is 0 Å². The number of methoxy groups -OCH3 is 1. The van der Waals surface area contributed by atoms with Crippen LogP contribution in [0.5, 0.6) is 5.75 Å². The van der Waals surface area contributed by atoms with Crippen LogP contribution in [0.2, 0.25) is 5.02 Å². The van der Waals surface area contributed by atoms with Gasteiger partial charge in [-0.1, -0.05) is 66.2 Å². The van der Waals surface area contributed by atoms with E-state index in [0.717, 1.165) is 50.5 Å². The van der Waals surface area contributed by atoms with E-state index in [1.54, 1.807) is 18.4 Å². The summed E-state index contributed by atoms with van der Waals surface area (Å²) in [6.45, 7) is 0. The molecule has 5 aromatic rings. The highest BCUT2D eigenvalue weighted by Crippen LogP contribution is 2.41. The van der Waals surface area contributed by atoms with Gasteiger partial charge in [-0.05, 0) is 35.7 Å². The van der Waals surface area contributed by atoms with Crippen molar-refractivity contribution in [2.45, 2.75) is 12.5 Å². The molecule has 0 fully saturated rings. The number of benzene rings is 3. The van der Waals surface area contributed by atoms with Gasteiger partial charge in [-0.25, -0.2) is 15.0 Å². The molecule has 35 heavy (non-hydrogen) atoms. The Labute approximate surface area is 212 Å². The van der Waals surface area contributed by atoms with Crippen LogP contribution in [0.15, 0.2) is 95.4 Å². The first-order chi connectivity index (χ1) is 17.2. The molecule has 0 radical (unpaired) electrons. The minimum absolute atomic E-state index is 0.100. The smallest absolute Gasteiger partial charge is 0.247 e. The molecule has 3 aromatic carbocycles. The first-order valence-electron chi connectivity index (χ1n) is 11.3. The molecule has 0 saturated heterocycles. The summed E-state index contributed by atoms with van der Waals surface area (Å²) in [5.41, 5.74) is 4.70. The lowest BCUT2D eigenvalue weighted by Crippen LogP contribution is -2.21. The zero-order valence-corrected chi connectivity index (χ0v) is 20.5. The van der Waals surface area contributed by atoms with Gasteiger partial charge in [0.1, 0.15) is 5.75 Å². The van der Waals surface area contributed by atoms with Crippen LogP contribution < -0.4 is 9.75 Å². The number of hydrogen-bond donors (Lipinski definition) is 0. The van der Waals surface area contributed by atoms with Crippen molar-refractivity contribution >= 4 is 45.5 Å². The lowest BCUT2D eigenvalue weighted by Gasteiger charge is -2.24. The Morgan fingerprint density at radius 3 is 2.57 bits per heavy atom. The number of hydrogen-bond acceptors (Lipinski definition) is 6. The third-order valence-corrected chi connectivity index (χ3v) is 7.27. The normalized spacial score (nSPS) is 15.4. The van der Waals surface area contributed by atoms with Crippen molar-refractivity contribution in [2.75, 3.05) is 12.1 Å². The maximum absolute atomic E-state index is 6.36. The Balaban J connectivity index is 1.56. The molecular weight excluding hydrogens is 476 g/mol. The van der Waals surface area contributed by atoms with Gasteiger partial charge < -0.3 is 4.74 Å². The maximum atomic E-state index is 6.36. The number of ether oxygens (including phenoxy) is 1. The number of thiophene rings is 1. The molecule has 0 saturated carbocycles. The number of aromatic nitrogens is 2. The van der Waals surface area contributed by atoms with E-state index < -0.39 is 0 Å². The molecule has 2 aromatic heterocycles. The van der Waals surface area contributed by atoms with E-state index in [0.29, 0.717) is 11.0 Å². The molecular formula is C28H21ClN4OS. The number of anilines is 1. The molecule has 1 atom stereocenters. The Morgan fingerprint density at radius 1 is 0.943 bits per heavy atom. The minimum atomic E-state index is -0.100. The monoisotopic (exact) mass is 496 g/mol. The third-order valence-electron chi connectivity index (χ3n) is 6.11. The molecule has 0 N–H and O–H groups in total. The average Bonchev–Trinajstić information content (AvgIpc) is 3.59. The first kappa shape index (κ1) is 21.8. The fraction of sp³-hybridized carbons (Fsp3) is 0.107. The van der Waals surface area contributed by atoms with Crippen molar-refractivity contribution in [2.24, 2.45) is 5.10 Å². The summed E-state index contributed by atoms with van der Waals surface area (Å²) in [6.07, 6.45) is 0.726. The third kappa shape index (κ3) is 4.05. The fourth-order valence-electron chi connectivity index (χ4n) is 4.48. The topological polar surface area (TPSA) is 50.6 Å². The van der Waals surface area contributed by atoms with Gasteiger partial charge >= 0.3 is 0 Å². The summed E-state index contributed by atoms with van der Waals surface area (Å²) in [5.74, 6) is 1.36. The van der Waals surface area contributed by atoms with Crippen LogP contribution in [-0.2, 0) is 0 Å². The zero-order chi connectivity index (χ0) is 23.8. The van der Waals surface area contributed by atoms with E-state index in [1.807, 2.05) is 65.7 Å². The van der Waals surface area contributed by atoms with Crippen LogP contribution in [0.1, 0.15) is 22.9 Å². The van der Waals surface area contributed by atoms with Gasteiger partial charge in [0.2, 0.25) is 5.95 Å². The largest absolute Gasteiger partial charge is 0.496 e. The van der Waals surface area contributed by atoms with Crippen LogP contribution in [0, 0.1) is 0 Å². The van der Waals surface area contributed by atoms with Crippen molar-refractivity contribution in [1.29, 1.82) is 0 Å². The van der Waals surface area contributed by atoms with Crippen molar-refractivity contribution in [3.8, 4) is 17.0 Å². The first-order valence-corrected chi connectivity index (χ1v) is 12.5. The lowest BCUT2D eigenvalue weighted by molar-refractivity contribution is 0.405. The second-order valence-electron chi connectivity index (χ2n) is 8.23. The van der Waals surface area contributed by atoms with Gasteiger partial charge in [-0.2, -0.15) is 5.10 Å². The zero-order valence-electron chi connectivity index (χ0n) is 18.9. The van der Waals surface area contributed by atoms with Crippen LogP contribution in [0.3, 0.4) is 0 Å². The van der Waals surface area contributed by atoms with Crippen molar-refractivity contribution in [3.05, 3.63) is 106 Å². The van der Waals surface area contributed by atoms with Gasteiger partial charge in [-0.3, -0.25) is 0 Å². The standard InChI is InChI=1S/C28H21ClN4OS/c1-34-25-11-6-5-10-20(25)24-17-23(26-12-7-15-35-26)32-33(24)28-30-22-14-13-19(29)16-21(22)27(31-28)18-8-3-2-4-9-18/h2-16,24H,17H2,1H3/t24-/m1/s1. The quantitative estimate of drug-likeness (QED) is 0.255. The summed E-state index contributed by atoms with van der Waals surface area (Å²) in [6, 6.07) is 28.0. The predicted octanol–water partition coefficient (Wildman–Crippen LogP) is 7.38. The Kier molecular flexibility index (Phi) is 5.68. The van der Waals surface area contributed by atoms with Gasteiger partial charge in [0.05, 0.1) is 35.0 Å². The van der Waals surface area contributed by atoms with Crippen LogP contribution in [0.4, 0.5) is 5.95 Å². The molecule has 0 aliphatic carbocycles. The Morgan fingerprint density at radius 2 is 1.77 bits per heavy atom. The number of rotatable bonds is 5. The molecule has 0 spiro atoms. The summed E-state index contributed by atoms with van der Waals surface area (Å²) >= 11 is 8.04. The molecule has 7 heteroatoms. The molecule has 5 nitrogen and oxygen atoms in total. The van der Waals surface area contributed by atoms with Crippen LogP contribution in [0.25, 0.3) is 22.2 Å². The number of hydrazone groups is 1. The molecule has 0 bridgehead atoms. The SMILES string of the molecule is COc1ccccc1[C@H]1CC(c2cccs2)=NN1c1nc(-c2ccccc2)c2cc(Cl)ccc2n1. The number of nitrogens with zero attached hydrogens (tertiary/aromatic N) is 4. The molecule has 0 unspecified atom stereocenters. The second-order valence-corrected chi connectivity index (χ2v) is 9.61. The van der Waals surface area contributed by atoms with E-state index >= 15 is 0 Å². The molecule has 6 rings (SSSR count). The van der Waals surface area contributed by atoms with Crippen molar-refractivity contribution in [3.63, 3.8) is 0 Å².